The number of aromatic nitrogens is 1. The van der Waals surface area contributed by atoms with Crippen LogP contribution >= 0.6 is 0 Å². The molecule has 1 aromatic heterocycles. The largest absolute Gasteiger partial charge is 0.309 e. The van der Waals surface area contributed by atoms with Gasteiger partial charge >= 0.3 is 0 Å². The summed E-state index contributed by atoms with van der Waals surface area (Å²) in [5, 5.41) is 8.02. The minimum Gasteiger partial charge on any atom is -0.309 e. The zero-order chi connectivity index (χ0) is 35.6. The maximum atomic E-state index is 2.51. The SMILES string of the molecule is CC1(C)c2ccccc2-c2ccc(-c3cccc([Si](c4ccccc4)(c4ccccc4)c4ccc5c6ccccc6n(-c6ccccc6)c5c4)c3)cc21. The molecule has 0 unspecified atom stereocenters. The van der Waals surface area contributed by atoms with E-state index in [2.05, 4.69) is 219 Å². The number of nitrogens with zero attached hydrogens (tertiary/aromatic N) is 1. The number of hydrogen-bond acceptors (Lipinski definition) is 0. The Morgan fingerprint density at radius 1 is 0.377 bits per heavy atom. The van der Waals surface area contributed by atoms with E-state index < -0.39 is 8.07 Å². The zero-order valence-corrected chi connectivity index (χ0v) is 31.0. The van der Waals surface area contributed by atoms with Gasteiger partial charge in [0.25, 0.3) is 0 Å². The third-order valence-electron chi connectivity index (χ3n) is 11.7. The summed E-state index contributed by atoms with van der Waals surface area (Å²) < 4.78 is 2.45. The lowest BCUT2D eigenvalue weighted by Gasteiger charge is -2.35. The van der Waals surface area contributed by atoms with Gasteiger partial charge in [0.2, 0.25) is 0 Å². The van der Waals surface area contributed by atoms with E-state index in [0.29, 0.717) is 0 Å². The van der Waals surface area contributed by atoms with Gasteiger partial charge in [0, 0.05) is 21.9 Å². The lowest BCUT2D eigenvalue weighted by molar-refractivity contribution is 0.660. The minimum atomic E-state index is -2.87. The van der Waals surface area contributed by atoms with Crippen molar-refractivity contribution in [2.75, 3.05) is 0 Å². The molecular weight excluding hydrogens is 655 g/mol. The summed E-state index contributed by atoms with van der Waals surface area (Å²) in [6.07, 6.45) is 0. The highest BCUT2D eigenvalue weighted by Gasteiger charge is 2.42. The highest BCUT2D eigenvalue weighted by Crippen LogP contribution is 2.49. The fourth-order valence-electron chi connectivity index (χ4n) is 9.25. The van der Waals surface area contributed by atoms with Gasteiger partial charge in [-0.2, -0.15) is 0 Å². The van der Waals surface area contributed by atoms with Crippen LogP contribution in [0.3, 0.4) is 0 Å². The Bertz CT molecular complexity index is 2760. The third-order valence-corrected chi connectivity index (χ3v) is 16.5. The van der Waals surface area contributed by atoms with E-state index in [0.717, 1.165) is 0 Å². The van der Waals surface area contributed by atoms with Crippen molar-refractivity contribution in [3.05, 3.63) is 211 Å². The van der Waals surface area contributed by atoms with Crippen LogP contribution in [0.1, 0.15) is 25.0 Å². The average Bonchev–Trinajstić information content (AvgIpc) is 3.67. The van der Waals surface area contributed by atoms with Crippen molar-refractivity contribution in [1.82, 2.24) is 4.57 Å². The van der Waals surface area contributed by atoms with Gasteiger partial charge in [-0.1, -0.05) is 184 Å². The first-order valence-corrected chi connectivity index (χ1v) is 20.6. The molecule has 8 aromatic carbocycles. The zero-order valence-electron chi connectivity index (χ0n) is 30.0. The van der Waals surface area contributed by atoms with E-state index in [1.807, 2.05) is 0 Å². The van der Waals surface area contributed by atoms with E-state index in [1.165, 1.54) is 81.6 Å². The Morgan fingerprint density at radius 3 is 1.70 bits per heavy atom. The number of rotatable bonds is 6. The third kappa shape index (κ3) is 4.76. The van der Waals surface area contributed by atoms with E-state index in [1.54, 1.807) is 0 Å². The quantitative estimate of drug-likeness (QED) is 0.121. The maximum Gasteiger partial charge on any atom is 0.179 e. The van der Waals surface area contributed by atoms with Gasteiger partial charge in [-0.05, 0) is 84.5 Å². The molecular formula is C51H39NSi. The standard InChI is InChI=1S/C51H39NSi/c1-51(2)47-27-14-12-25-43(47)44-31-29-37(34-48(44)51)36-17-16-24-41(33-36)53(39-20-8-4-9-21-39,40-22-10-5-11-23-40)42-30-32-46-45-26-13-15-28-49(45)52(50(46)35-42)38-18-6-3-7-19-38/h3-35H,1-2H3. The van der Waals surface area contributed by atoms with Crippen LogP contribution in [0.25, 0.3) is 49.7 Å². The fraction of sp³-hybridized carbons (Fsp3) is 0.0588. The summed E-state index contributed by atoms with van der Waals surface area (Å²) in [4.78, 5) is 0. The molecule has 0 N–H and O–H groups in total. The summed E-state index contributed by atoms with van der Waals surface area (Å²) in [5.41, 5.74) is 11.6. The number of fused-ring (bicyclic) bond motifs is 6. The highest BCUT2D eigenvalue weighted by molar-refractivity contribution is 7.20. The normalized spacial score (nSPS) is 13.2. The Balaban J connectivity index is 1.24. The summed E-state index contributed by atoms with van der Waals surface area (Å²) in [6, 6.07) is 75.0. The van der Waals surface area contributed by atoms with Crippen LogP contribution in [0, 0.1) is 0 Å². The molecule has 0 spiro atoms. The molecule has 1 heterocycles. The number of benzene rings is 8. The van der Waals surface area contributed by atoms with Crippen LogP contribution in [0.5, 0.6) is 0 Å². The van der Waals surface area contributed by atoms with Gasteiger partial charge in [0.05, 0.1) is 11.0 Å². The van der Waals surface area contributed by atoms with E-state index in [4.69, 9.17) is 0 Å². The van der Waals surface area contributed by atoms with Gasteiger partial charge in [-0.25, -0.2) is 0 Å². The van der Waals surface area contributed by atoms with Crippen molar-refractivity contribution in [1.29, 1.82) is 0 Å². The first-order valence-electron chi connectivity index (χ1n) is 18.6. The average molecular weight is 694 g/mol. The van der Waals surface area contributed by atoms with E-state index in [-0.39, 0.29) is 5.41 Å². The molecule has 2 heteroatoms. The van der Waals surface area contributed by atoms with Crippen LogP contribution in [-0.4, -0.2) is 12.6 Å². The summed E-state index contributed by atoms with van der Waals surface area (Å²) in [6.45, 7) is 4.73. The lowest BCUT2D eigenvalue weighted by Crippen LogP contribution is -2.74. The van der Waals surface area contributed by atoms with Crippen LogP contribution in [0.2, 0.25) is 0 Å². The molecule has 53 heavy (non-hydrogen) atoms. The van der Waals surface area contributed by atoms with E-state index in [9.17, 15) is 0 Å². The summed E-state index contributed by atoms with van der Waals surface area (Å²) in [7, 11) is -2.87. The minimum absolute atomic E-state index is 0.0568. The van der Waals surface area contributed by atoms with E-state index >= 15 is 0 Å². The molecule has 0 amide bonds. The molecule has 0 bridgehead atoms. The Morgan fingerprint density at radius 2 is 0.943 bits per heavy atom. The Kier molecular flexibility index (Phi) is 7.25. The first kappa shape index (κ1) is 31.5. The molecule has 0 atom stereocenters. The monoisotopic (exact) mass is 693 g/mol. The second-order valence-corrected chi connectivity index (χ2v) is 18.7. The van der Waals surface area contributed by atoms with Crippen molar-refractivity contribution in [2.24, 2.45) is 0 Å². The van der Waals surface area contributed by atoms with Crippen LogP contribution in [0.15, 0.2) is 200 Å². The van der Waals surface area contributed by atoms with Crippen molar-refractivity contribution >= 4 is 50.6 Å². The predicted molar refractivity (Wildman–Crippen MR) is 227 cm³/mol. The van der Waals surface area contributed by atoms with Crippen molar-refractivity contribution in [2.45, 2.75) is 19.3 Å². The molecule has 0 fully saturated rings. The molecule has 0 saturated heterocycles. The molecule has 1 aliphatic carbocycles. The van der Waals surface area contributed by atoms with Crippen molar-refractivity contribution in [3.63, 3.8) is 0 Å². The Labute approximate surface area is 312 Å². The van der Waals surface area contributed by atoms with Gasteiger partial charge < -0.3 is 4.57 Å². The van der Waals surface area contributed by atoms with Crippen LogP contribution < -0.4 is 20.7 Å². The second-order valence-electron chi connectivity index (χ2n) is 14.9. The molecule has 0 saturated carbocycles. The number of para-hydroxylation sites is 2. The van der Waals surface area contributed by atoms with Gasteiger partial charge in [0.15, 0.2) is 8.07 Å². The molecule has 1 nitrogen and oxygen atoms in total. The molecule has 10 rings (SSSR count). The molecule has 1 aliphatic rings. The van der Waals surface area contributed by atoms with Gasteiger partial charge in [0.1, 0.15) is 0 Å². The molecule has 0 radical (unpaired) electrons. The topological polar surface area (TPSA) is 4.93 Å². The molecule has 9 aromatic rings. The van der Waals surface area contributed by atoms with Crippen molar-refractivity contribution < 1.29 is 0 Å². The molecule has 0 aliphatic heterocycles. The van der Waals surface area contributed by atoms with Crippen molar-refractivity contribution in [3.8, 4) is 27.9 Å². The second kappa shape index (κ2) is 12.2. The smallest absolute Gasteiger partial charge is 0.179 e. The van der Waals surface area contributed by atoms with Gasteiger partial charge in [-0.15, -0.1) is 0 Å². The summed E-state index contributed by atoms with van der Waals surface area (Å²) >= 11 is 0. The van der Waals surface area contributed by atoms with Crippen LogP contribution in [0.4, 0.5) is 0 Å². The fourth-order valence-corrected chi connectivity index (χ4v) is 14.0. The summed E-state index contributed by atoms with van der Waals surface area (Å²) in [5.74, 6) is 0. The van der Waals surface area contributed by atoms with Gasteiger partial charge in [-0.3, -0.25) is 0 Å². The predicted octanol–water partition coefficient (Wildman–Crippen LogP) is 10.1. The maximum absolute atomic E-state index is 2.87. The number of hydrogen-bond donors (Lipinski definition) is 0. The highest BCUT2D eigenvalue weighted by atomic mass is 28.3. The Hall–Kier alpha value is -6.22. The first-order chi connectivity index (χ1) is 26.0. The van der Waals surface area contributed by atoms with Crippen LogP contribution in [-0.2, 0) is 5.41 Å². The molecule has 252 valence electrons. The lowest BCUT2D eigenvalue weighted by atomic mass is 9.81.